The third-order valence-electron chi connectivity index (χ3n) is 6.61. The van der Waals surface area contributed by atoms with Gasteiger partial charge in [0, 0.05) is 38.1 Å². The van der Waals surface area contributed by atoms with Crippen LogP contribution in [0, 0.1) is 5.92 Å². The van der Waals surface area contributed by atoms with Crippen LogP contribution in [-0.4, -0.2) is 65.1 Å². The van der Waals surface area contributed by atoms with Crippen molar-refractivity contribution in [2.45, 2.75) is 39.2 Å². The number of nitrogens with zero attached hydrogens (tertiary/aromatic N) is 4. The molecule has 2 aromatic carbocycles. The molecule has 1 N–H and O–H groups in total. The number of carbonyl (C=O) groups excluding carboxylic acids is 1. The third kappa shape index (κ3) is 6.56. The topological polar surface area (TPSA) is 70.6 Å². The highest BCUT2D eigenvalue weighted by Crippen LogP contribution is 2.32. The molecule has 37 heavy (non-hydrogen) atoms. The van der Waals surface area contributed by atoms with Gasteiger partial charge < -0.3 is 10.1 Å². The number of hydrogen-bond acceptors (Lipinski definition) is 7. The Morgan fingerprint density at radius 3 is 2.24 bits per heavy atom. The first-order chi connectivity index (χ1) is 17.7. The summed E-state index contributed by atoms with van der Waals surface area (Å²) in [5.41, 5.74) is 0.487. The lowest BCUT2D eigenvalue weighted by molar-refractivity contribution is -0.142. The molecule has 0 radical (unpaired) electrons. The van der Waals surface area contributed by atoms with Gasteiger partial charge >= 0.3 is 12.1 Å². The molecule has 7 nitrogen and oxygen atoms in total. The Kier molecular flexibility index (Phi) is 8.29. The Hall–Kier alpha value is -3.24. The molecule has 1 atom stereocenters. The average molecular weight is 516 g/mol. The van der Waals surface area contributed by atoms with Gasteiger partial charge in [0.05, 0.1) is 24.7 Å². The molecule has 0 bridgehead atoms. The quantitative estimate of drug-likeness (QED) is 0.441. The molecule has 0 spiro atoms. The fraction of sp³-hybridized carbons (Fsp3) is 0.444. The number of anilines is 1. The van der Waals surface area contributed by atoms with Crippen molar-refractivity contribution in [3.8, 4) is 0 Å². The number of carbonyl (C=O) groups is 1. The van der Waals surface area contributed by atoms with Crippen molar-refractivity contribution in [2.75, 3.05) is 38.6 Å². The van der Waals surface area contributed by atoms with Crippen LogP contribution in [0.1, 0.15) is 30.8 Å². The summed E-state index contributed by atoms with van der Waals surface area (Å²) in [6.45, 7) is 7.28. The predicted molar refractivity (Wildman–Crippen MR) is 136 cm³/mol. The van der Waals surface area contributed by atoms with Crippen molar-refractivity contribution >= 4 is 22.7 Å². The Balaban J connectivity index is 1.45. The van der Waals surface area contributed by atoms with Crippen molar-refractivity contribution in [1.29, 1.82) is 0 Å². The molecule has 3 aromatic rings. The Labute approximate surface area is 214 Å². The summed E-state index contributed by atoms with van der Waals surface area (Å²) in [7, 11) is 1.37. The first-order valence-electron chi connectivity index (χ1n) is 12.4. The maximum Gasteiger partial charge on any atom is 0.416 e. The molecule has 0 unspecified atom stereocenters. The lowest BCUT2D eigenvalue weighted by Gasteiger charge is -2.34. The van der Waals surface area contributed by atoms with Crippen LogP contribution in [0.3, 0.4) is 0 Å². The fourth-order valence-corrected chi connectivity index (χ4v) is 4.56. The molecular formula is C27H32F3N5O2. The number of piperazine rings is 1. The van der Waals surface area contributed by atoms with E-state index in [1.165, 1.54) is 13.2 Å². The average Bonchev–Trinajstić information content (AvgIpc) is 2.87. The molecule has 0 aliphatic carbocycles. The minimum absolute atomic E-state index is 0.0137. The van der Waals surface area contributed by atoms with E-state index in [9.17, 15) is 18.0 Å². The van der Waals surface area contributed by atoms with Gasteiger partial charge in [-0.3, -0.25) is 9.80 Å². The van der Waals surface area contributed by atoms with Gasteiger partial charge in [0.15, 0.2) is 0 Å². The van der Waals surface area contributed by atoms with E-state index < -0.39 is 17.8 Å². The van der Waals surface area contributed by atoms with Crippen LogP contribution < -0.4 is 5.32 Å². The molecule has 1 fully saturated rings. The second kappa shape index (κ2) is 11.4. The van der Waals surface area contributed by atoms with Gasteiger partial charge in [0.25, 0.3) is 0 Å². The van der Waals surface area contributed by atoms with Gasteiger partial charge in [-0.1, -0.05) is 44.2 Å². The number of hydrogen-bond donors (Lipinski definition) is 1. The Morgan fingerprint density at radius 1 is 0.973 bits per heavy atom. The highest BCUT2D eigenvalue weighted by Gasteiger charge is 2.33. The fourth-order valence-electron chi connectivity index (χ4n) is 4.56. The summed E-state index contributed by atoms with van der Waals surface area (Å²) in [4.78, 5) is 26.0. The van der Waals surface area contributed by atoms with E-state index in [0.29, 0.717) is 49.9 Å². The number of halogens is 3. The number of benzene rings is 2. The predicted octanol–water partition coefficient (Wildman–Crippen LogP) is 4.58. The van der Waals surface area contributed by atoms with Crippen molar-refractivity contribution in [1.82, 2.24) is 19.8 Å². The summed E-state index contributed by atoms with van der Waals surface area (Å²) in [6, 6.07) is 12.8. The summed E-state index contributed by atoms with van der Waals surface area (Å²) in [5, 5.41) is 4.07. The van der Waals surface area contributed by atoms with Crippen molar-refractivity contribution in [2.24, 2.45) is 5.92 Å². The first-order valence-corrected chi connectivity index (χ1v) is 12.4. The van der Waals surface area contributed by atoms with Gasteiger partial charge in [-0.2, -0.15) is 13.2 Å². The zero-order valence-electron chi connectivity index (χ0n) is 21.3. The highest BCUT2D eigenvalue weighted by molar-refractivity contribution is 5.91. The number of esters is 1. The van der Waals surface area contributed by atoms with E-state index in [2.05, 4.69) is 10.2 Å². The van der Waals surface area contributed by atoms with Gasteiger partial charge in [-0.05, 0) is 29.7 Å². The molecule has 4 rings (SSSR count). The summed E-state index contributed by atoms with van der Waals surface area (Å²) in [6.07, 6.45) is -4.36. The summed E-state index contributed by atoms with van der Waals surface area (Å²) >= 11 is 0. The number of methoxy groups -OCH3 is 1. The van der Waals surface area contributed by atoms with Crippen LogP contribution in [0.5, 0.6) is 0 Å². The standard InChI is InChI=1S/C27H32F3N5O2/c1-18(2)24(26(36)37-3)33-25-20-9-5-7-11-22(20)31-23(32-25)17-35-14-12-34(13-15-35)16-19-8-4-6-10-21(19)27(28,29)30/h4-11,18,24H,12-17H2,1-3H3,(H,31,32,33)/t24-/m0/s1. The molecule has 0 amide bonds. The van der Waals surface area contributed by atoms with E-state index in [1.807, 2.05) is 43.0 Å². The van der Waals surface area contributed by atoms with Crippen LogP contribution in [0.15, 0.2) is 48.5 Å². The van der Waals surface area contributed by atoms with E-state index in [1.54, 1.807) is 12.1 Å². The van der Waals surface area contributed by atoms with Crippen LogP contribution in [0.25, 0.3) is 10.9 Å². The van der Waals surface area contributed by atoms with Crippen molar-refractivity contribution < 1.29 is 22.7 Å². The lowest BCUT2D eigenvalue weighted by Crippen LogP contribution is -2.45. The lowest BCUT2D eigenvalue weighted by atomic mass is 10.0. The normalized spacial score (nSPS) is 16.2. The summed E-state index contributed by atoms with van der Waals surface area (Å²) in [5.74, 6) is 0.819. The Bertz CT molecular complexity index is 1230. The van der Waals surface area contributed by atoms with Crippen molar-refractivity contribution in [3.63, 3.8) is 0 Å². The van der Waals surface area contributed by atoms with Gasteiger partial charge in [-0.25, -0.2) is 14.8 Å². The van der Waals surface area contributed by atoms with Crippen LogP contribution in [0.4, 0.5) is 19.0 Å². The van der Waals surface area contributed by atoms with E-state index in [4.69, 9.17) is 14.7 Å². The number of alkyl halides is 3. The molecule has 1 aromatic heterocycles. The maximum absolute atomic E-state index is 13.4. The van der Waals surface area contributed by atoms with Gasteiger partial charge in [0.2, 0.25) is 0 Å². The second-order valence-electron chi connectivity index (χ2n) is 9.60. The minimum Gasteiger partial charge on any atom is -0.467 e. The molecule has 0 saturated carbocycles. The monoisotopic (exact) mass is 515 g/mol. The first kappa shape index (κ1) is 26.8. The zero-order valence-corrected chi connectivity index (χ0v) is 21.3. The number of para-hydroxylation sites is 1. The maximum atomic E-state index is 13.4. The molecule has 2 heterocycles. The number of ether oxygens (including phenoxy) is 1. The number of nitrogens with one attached hydrogen (secondary N) is 1. The molecule has 1 aliphatic heterocycles. The Morgan fingerprint density at radius 2 is 1.59 bits per heavy atom. The van der Waals surface area contributed by atoms with Crippen LogP contribution in [0.2, 0.25) is 0 Å². The van der Waals surface area contributed by atoms with Gasteiger partial charge in [0.1, 0.15) is 17.7 Å². The number of fused-ring (bicyclic) bond motifs is 1. The zero-order chi connectivity index (χ0) is 26.6. The number of rotatable bonds is 8. The molecular weight excluding hydrogens is 483 g/mol. The van der Waals surface area contributed by atoms with Gasteiger partial charge in [-0.15, -0.1) is 0 Å². The SMILES string of the molecule is COC(=O)[C@@H](Nc1nc(CN2CCN(Cc3ccccc3C(F)(F)F)CC2)nc2ccccc12)C(C)C. The van der Waals surface area contributed by atoms with E-state index >= 15 is 0 Å². The largest absolute Gasteiger partial charge is 0.467 e. The second-order valence-corrected chi connectivity index (χ2v) is 9.60. The molecule has 1 saturated heterocycles. The molecule has 10 heteroatoms. The minimum atomic E-state index is -4.36. The van der Waals surface area contributed by atoms with Crippen LogP contribution in [-0.2, 0) is 28.8 Å². The van der Waals surface area contributed by atoms with E-state index in [0.717, 1.165) is 17.0 Å². The van der Waals surface area contributed by atoms with Crippen molar-refractivity contribution in [3.05, 3.63) is 65.5 Å². The highest BCUT2D eigenvalue weighted by atomic mass is 19.4. The summed E-state index contributed by atoms with van der Waals surface area (Å²) < 4.78 is 45.1. The molecule has 1 aliphatic rings. The number of aromatic nitrogens is 2. The molecule has 198 valence electrons. The third-order valence-corrected chi connectivity index (χ3v) is 6.61. The van der Waals surface area contributed by atoms with Crippen LogP contribution >= 0.6 is 0 Å². The van der Waals surface area contributed by atoms with E-state index in [-0.39, 0.29) is 18.4 Å². The smallest absolute Gasteiger partial charge is 0.416 e.